The summed E-state index contributed by atoms with van der Waals surface area (Å²) in [5.74, 6) is 0.239. The van der Waals surface area contributed by atoms with E-state index in [0.29, 0.717) is 12.5 Å². The van der Waals surface area contributed by atoms with Crippen LogP contribution in [0.25, 0.3) is 6.08 Å². The predicted molar refractivity (Wildman–Crippen MR) is 63.0 cm³/mol. The highest BCUT2D eigenvalue weighted by molar-refractivity contribution is 5.57. The molecule has 0 amide bonds. The zero-order valence-corrected chi connectivity index (χ0v) is 9.55. The number of aryl methyl sites for hydroxylation is 1. The van der Waals surface area contributed by atoms with E-state index in [1.807, 2.05) is 6.92 Å². The Labute approximate surface area is 90.8 Å². The van der Waals surface area contributed by atoms with Gasteiger partial charge in [0.1, 0.15) is 5.82 Å². The summed E-state index contributed by atoms with van der Waals surface area (Å²) in [6.45, 7) is 6.67. The van der Waals surface area contributed by atoms with Crippen LogP contribution in [0.1, 0.15) is 25.0 Å². The Kier molecular flexibility index (Phi) is 4.04. The van der Waals surface area contributed by atoms with E-state index in [0.717, 1.165) is 11.1 Å². The second kappa shape index (κ2) is 5.08. The average molecular weight is 207 g/mol. The van der Waals surface area contributed by atoms with Crippen LogP contribution in [0.15, 0.2) is 23.8 Å². The normalized spacial score (nSPS) is 12.3. The first-order valence-corrected chi connectivity index (χ1v) is 5.21. The molecule has 0 aliphatic heterocycles. The predicted octanol–water partition coefficient (Wildman–Crippen LogP) is 3.13. The maximum Gasteiger partial charge on any atom is 0.123 e. The molecular weight excluding hydrogens is 189 g/mol. The van der Waals surface area contributed by atoms with Gasteiger partial charge in [0.05, 0.1) is 0 Å². The molecule has 0 radical (unpaired) electrons. The molecule has 82 valence electrons. The van der Waals surface area contributed by atoms with Gasteiger partial charge in [0.2, 0.25) is 0 Å². The Morgan fingerprint density at radius 3 is 2.60 bits per heavy atom. The smallest absolute Gasteiger partial charge is 0.123 e. The zero-order valence-electron chi connectivity index (χ0n) is 9.55. The summed E-state index contributed by atoms with van der Waals surface area (Å²) in [5, 5.41) is 0. The molecule has 0 heterocycles. The van der Waals surface area contributed by atoms with Gasteiger partial charge in [-0.05, 0) is 36.1 Å². The number of hydrogen-bond donors (Lipinski definition) is 1. The van der Waals surface area contributed by atoms with Gasteiger partial charge >= 0.3 is 0 Å². The van der Waals surface area contributed by atoms with Gasteiger partial charge in [-0.25, -0.2) is 4.39 Å². The summed E-state index contributed by atoms with van der Waals surface area (Å²) < 4.78 is 12.9. The van der Waals surface area contributed by atoms with Crippen molar-refractivity contribution >= 4 is 6.08 Å². The van der Waals surface area contributed by atoms with Crippen molar-refractivity contribution in [1.29, 1.82) is 0 Å². The Balaban J connectivity index is 3.06. The van der Waals surface area contributed by atoms with Crippen LogP contribution >= 0.6 is 0 Å². The molecule has 0 atom stereocenters. The monoisotopic (exact) mass is 207 g/mol. The third-order valence-electron chi connectivity index (χ3n) is 2.55. The molecule has 0 bridgehead atoms. The lowest BCUT2D eigenvalue weighted by Crippen LogP contribution is -2.08. The minimum absolute atomic E-state index is 0.191. The first-order chi connectivity index (χ1) is 7.04. The molecule has 1 nitrogen and oxygen atoms in total. The molecule has 0 fully saturated rings. The van der Waals surface area contributed by atoms with E-state index < -0.39 is 0 Å². The molecule has 0 unspecified atom stereocenters. The molecule has 2 N–H and O–H groups in total. The quantitative estimate of drug-likeness (QED) is 0.809. The van der Waals surface area contributed by atoms with E-state index >= 15 is 0 Å². The van der Waals surface area contributed by atoms with E-state index in [-0.39, 0.29) is 5.82 Å². The van der Waals surface area contributed by atoms with Gasteiger partial charge in [0.15, 0.2) is 0 Å². The van der Waals surface area contributed by atoms with E-state index in [2.05, 4.69) is 19.9 Å². The van der Waals surface area contributed by atoms with E-state index in [1.54, 1.807) is 12.1 Å². The third kappa shape index (κ3) is 3.17. The zero-order chi connectivity index (χ0) is 11.4. The van der Waals surface area contributed by atoms with Gasteiger partial charge in [0.25, 0.3) is 0 Å². The second-order valence-corrected chi connectivity index (χ2v) is 4.08. The molecule has 0 saturated carbocycles. The van der Waals surface area contributed by atoms with Crippen molar-refractivity contribution in [2.75, 3.05) is 6.54 Å². The minimum atomic E-state index is -0.191. The molecule has 1 aromatic rings. The lowest BCUT2D eigenvalue weighted by atomic mass is 9.98. The highest BCUT2D eigenvalue weighted by Gasteiger charge is 2.03. The molecule has 15 heavy (non-hydrogen) atoms. The third-order valence-corrected chi connectivity index (χ3v) is 2.55. The van der Waals surface area contributed by atoms with E-state index in [9.17, 15) is 4.39 Å². The van der Waals surface area contributed by atoms with Gasteiger partial charge in [-0.15, -0.1) is 0 Å². The summed E-state index contributed by atoms with van der Waals surface area (Å²) in [6, 6.07) is 4.82. The van der Waals surface area contributed by atoms with Crippen LogP contribution in [0.2, 0.25) is 0 Å². The van der Waals surface area contributed by atoms with Crippen molar-refractivity contribution in [3.05, 3.63) is 40.7 Å². The van der Waals surface area contributed by atoms with Gasteiger partial charge in [-0.1, -0.05) is 31.6 Å². The van der Waals surface area contributed by atoms with Gasteiger partial charge in [0, 0.05) is 6.54 Å². The summed E-state index contributed by atoms with van der Waals surface area (Å²) in [4.78, 5) is 0. The van der Waals surface area contributed by atoms with Crippen LogP contribution in [0.4, 0.5) is 4.39 Å². The average Bonchev–Trinajstić information content (AvgIpc) is 2.16. The van der Waals surface area contributed by atoms with E-state index in [1.165, 1.54) is 11.6 Å². The Morgan fingerprint density at radius 1 is 1.47 bits per heavy atom. The first kappa shape index (κ1) is 11.9. The van der Waals surface area contributed by atoms with Crippen molar-refractivity contribution in [1.82, 2.24) is 0 Å². The van der Waals surface area contributed by atoms with Crippen molar-refractivity contribution in [2.45, 2.75) is 20.8 Å². The number of hydrogen-bond acceptors (Lipinski definition) is 1. The molecule has 0 aliphatic carbocycles. The molecule has 0 aliphatic rings. The van der Waals surface area contributed by atoms with Crippen LogP contribution < -0.4 is 5.73 Å². The number of benzene rings is 1. The summed E-state index contributed by atoms with van der Waals surface area (Å²) in [5.41, 5.74) is 8.84. The topological polar surface area (TPSA) is 26.0 Å². The fourth-order valence-electron chi connectivity index (χ4n) is 1.46. The Hall–Kier alpha value is -1.15. The van der Waals surface area contributed by atoms with Crippen molar-refractivity contribution in [3.63, 3.8) is 0 Å². The first-order valence-electron chi connectivity index (χ1n) is 5.21. The summed E-state index contributed by atoms with van der Waals surface area (Å²) >= 11 is 0. The second-order valence-electron chi connectivity index (χ2n) is 4.08. The number of rotatable bonds is 3. The molecule has 1 rings (SSSR count). The van der Waals surface area contributed by atoms with Crippen molar-refractivity contribution < 1.29 is 4.39 Å². The maximum atomic E-state index is 12.9. The molecule has 0 saturated heterocycles. The molecular formula is C13H18FN. The van der Waals surface area contributed by atoms with Crippen molar-refractivity contribution in [3.8, 4) is 0 Å². The standard InChI is InChI=1S/C13H18FN/c1-9(2)12(8-15)7-11-4-5-13(14)6-10(11)3/h4-7,9H,8,15H2,1-3H3. The van der Waals surface area contributed by atoms with Crippen LogP contribution in [0, 0.1) is 18.7 Å². The van der Waals surface area contributed by atoms with Gasteiger partial charge in [-0.3, -0.25) is 0 Å². The molecule has 0 spiro atoms. The van der Waals surface area contributed by atoms with Crippen LogP contribution in [0.5, 0.6) is 0 Å². The fourth-order valence-corrected chi connectivity index (χ4v) is 1.46. The number of halogens is 1. The largest absolute Gasteiger partial charge is 0.327 e. The lowest BCUT2D eigenvalue weighted by molar-refractivity contribution is 0.626. The van der Waals surface area contributed by atoms with Crippen LogP contribution in [0.3, 0.4) is 0 Å². The van der Waals surface area contributed by atoms with Crippen LogP contribution in [-0.2, 0) is 0 Å². The summed E-state index contributed by atoms with van der Waals surface area (Å²) in [7, 11) is 0. The lowest BCUT2D eigenvalue weighted by Gasteiger charge is -2.09. The summed E-state index contributed by atoms with van der Waals surface area (Å²) in [6.07, 6.45) is 2.06. The highest BCUT2D eigenvalue weighted by atomic mass is 19.1. The van der Waals surface area contributed by atoms with Gasteiger partial charge < -0.3 is 5.73 Å². The maximum absolute atomic E-state index is 12.9. The molecule has 0 aromatic heterocycles. The fraction of sp³-hybridized carbons (Fsp3) is 0.385. The van der Waals surface area contributed by atoms with Crippen molar-refractivity contribution in [2.24, 2.45) is 11.7 Å². The highest BCUT2D eigenvalue weighted by Crippen LogP contribution is 2.17. The van der Waals surface area contributed by atoms with Crippen LogP contribution in [-0.4, -0.2) is 6.54 Å². The van der Waals surface area contributed by atoms with E-state index in [4.69, 9.17) is 5.73 Å². The molecule has 1 aromatic carbocycles. The number of nitrogens with two attached hydrogens (primary N) is 1. The Morgan fingerprint density at radius 2 is 2.13 bits per heavy atom. The van der Waals surface area contributed by atoms with Gasteiger partial charge in [-0.2, -0.15) is 0 Å². The minimum Gasteiger partial charge on any atom is -0.327 e. The molecule has 2 heteroatoms. The Bertz CT molecular complexity index is 367. The SMILES string of the molecule is Cc1cc(F)ccc1C=C(CN)C(C)C.